The molecule has 0 aromatic heterocycles. The number of anilines is 1. The van der Waals surface area contributed by atoms with Crippen molar-refractivity contribution in [3.63, 3.8) is 0 Å². The molecule has 34 heavy (non-hydrogen) atoms. The quantitative estimate of drug-likeness (QED) is 0.327. The van der Waals surface area contributed by atoms with Crippen LogP contribution in [-0.2, 0) is 4.79 Å². The van der Waals surface area contributed by atoms with Crippen LogP contribution in [0.4, 0.5) is 5.69 Å². The monoisotopic (exact) mass is 540 g/mol. The van der Waals surface area contributed by atoms with Crippen LogP contribution in [0.15, 0.2) is 51.8 Å². The average molecular weight is 542 g/mol. The van der Waals surface area contributed by atoms with Gasteiger partial charge in [0.15, 0.2) is 17.0 Å². The number of halogens is 1. The van der Waals surface area contributed by atoms with Crippen LogP contribution in [0, 0.1) is 18.3 Å². The molecule has 1 saturated heterocycles. The maximum absolute atomic E-state index is 13.7. The van der Waals surface area contributed by atoms with E-state index in [4.69, 9.17) is 15.9 Å². The largest absolute Gasteiger partial charge is 0.493 e. The lowest BCUT2D eigenvalue weighted by molar-refractivity contribution is -0.129. The summed E-state index contributed by atoms with van der Waals surface area (Å²) in [6.07, 6.45) is 11.8. The van der Waals surface area contributed by atoms with Gasteiger partial charge in [0.2, 0.25) is 0 Å². The summed E-state index contributed by atoms with van der Waals surface area (Å²) in [6, 6.07) is 14.1. The highest BCUT2D eigenvalue weighted by Gasteiger charge is 2.42. The number of terminal acetylenes is 1. The molecule has 2 aromatic rings. The lowest BCUT2D eigenvalue weighted by atomic mass is 9.85. The van der Waals surface area contributed by atoms with Crippen molar-refractivity contribution < 1.29 is 14.3 Å². The van der Waals surface area contributed by atoms with Gasteiger partial charge >= 0.3 is 0 Å². The summed E-state index contributed by atoms with van der Waals surface area (Å²) in [4.78, 5) is 16.5. The first kappa shape index (κ1) is 24.6. The second-order valence-electron chi connectivity index (χ2n) is 8.56. The molecule has 1 heterocycles. The SMILES string of the molecule is C#CCOc1c(Br)cc(/C=C2\SC(Nc3ccccc3)N([C@@H]3CCCC[C@@H]3C)C2=O)cc1OC. The number of nitrogens with zero attached hydrogens (tertiary/aromatic N) is 1. The molecule has 2 aromatic carbocycles. The summed E-state index contributed by atoms with van der Waals surface area (Å²) < 4.78 is 11.9. The molecule has 1 N–H and O–H groups in total. The number of para-hydroxylation sites is 1. The molecule has 2 fully saturated rings. The topological polar surface area (TPSA) is 50.8 Å². The zero-order valence-electron chi connectivity index (χ0n) is 19.4. The summed E-state index contributed by atoms with van der Waals surface area (Å²) in [6.45, 7) is 2.41. The molecule has 2 aliphatic rings. The first-order valence-electron chi connectivity index (χ1n) is 11.5. The van der Waals surface area contributed by atoms with E-state index in [9.17, 15) is 4.79 Å². The Morgan fingerprint density at radius 3 is 2.74 bits per heavy atom. The first-order valence-corrected chi connectivity index (χ1v) is 13.2. The summed E-state index contributed by atoms with van der Waals surface area (Å²) in [5.41, 5.74) is 1.70. The Balaban J connectivity index is 1.66. The molecule has 1 aliphatic carbocycles. The van der Waals surface area contributed by atoms with Crippen LogP contribution >= 0.6 is 27.7 Å². The van der Waals surface area contributed by atoms with Gasteiger partial charge in [-0.05, 0) is 70.6 Å². The van der Waals surface area contributed by atoms with Crippen LogP contribution < -0.4 is 14.8 Å². The van der Waals surface area contributed by atoms with Crippen LogP contribution in [0.25, 0.3) is 6.08 Å². The van der Waals surface area contributed by atoms with E-state index in [-0.39, 0.29) is 24.1 Å². The molecule has 4 rings (SSSR count). The van der Waals surface area contributed by atoms with Gasteiger partial charge < -0.3 is 19.7 Å². The summed E-state index contributed by atoms with van der Waals surface area (Å²) >= 11 is 5.12. The van der Waals surface area contributed by atoms with E-state index in [1.807, 2.05) is 48.5 Å². The Hall–Kier alpha value is -2.56. The minimum Gasteiger partial charge on any atom is -0.493 e. The molecule has 178 valence electrons. The van der Waals surface area contributed by atoms with Gasteiger partial charge in [0.05, 0.1) is 16.5 Å². The van der Waals surface area contributed by atoms with Gasteiger partial charge in [0.1, 0.15) is 6.61 Å². The smallest absolute Gasteiger partial charge is 0.262 e. The standard InChI is InChI=1S/C27H29BrN2O3S/c1-4-14-33-25-21(28)15-19(16-23(25)32-3)17-24-26(31)30(22-13-9-8-10-18(22)2)27(34-24)29-20-11-6-5-7-12-20/h1,5-7,11-12,15-18,22,27,29H,8-10,13-14H2,2-3H3/b24-17-/t18-,22+,27?/m0/s1. The van der Waals surface area contributed by atoms with E-state index in [1.165, 1.54) is 6.42 Å². The summed E-state index contributed by atoms with van der Waals surface area (Å²) in [7, 11) is 1.59. The normalized spacial score (nSPS) is 23.6. The van der Waals surface area contributed by atoms with Crippen LogP contribution in [0.5, 0.6) is 11.5 Å². The lowest BCUT2D eigenvalue weighted by Gasteiger charge is -2.39. The molecule has 0 radical (unpaired) electrons. The van der Waals surface area contributed by atoms with Gasteiger partial charge in [0.25, 0.3) is 5.91 Å². The zero-order valence-corrected chi connectivity index (χ0v) is 21.8. The van der Waals surface area contributed by atoms with Gasteiger partial charge in [-0.15, -0.1) is 6.42 Å². The fraction of sp³-hybridized carbons (Fsp3) is 0.370. The van der Waals surface area contributed by atoms with E-state index >= 15 is 0 Å². The third kappa shape index (κ3) is 5.39. The molecular weight excluding hydrogens is 512 g/mol. The molecule has 0 spiro atoms. The number of ether oxygens (including phenoxy) is 2. The van der Waals surface area contributed by atoms with Crippen LogP contribution in [0.1, 0.15) is 38.2 Å². The highest BCUT2D eigenvalue weighted by Crippen LogP contribution is 2.43. The van der Waals surface area contributed by atoms with Gasteiger partial charge in [0, 0.05) is 11.7 Å². The maximum Gasteiger partial charge on any atom is 0.262 e. The molecule has 1 amide bonds. The number of carbonyl (C=O) groups excluding carboxylic acids is 1. The number of hydrogen-bond donors (Lipinski definition) is 1. The Kier molecular flexibility index (Phi) is 8.12. The zero-order chi connectivity index (χ0) is 24.1. The van der Waals surface area contributed by atoms with Crippen molar-refractivity contribution in [2.24, 2.45) is 5.92 Å². The third-order valence-corrected chi connectivity index (χ3v) is 7.98. The van der Waals surface area contributed by atoms with Gasteiger partial charge in [-0.25, -0.2) is 0 Å². The minimum absolute atomic E-state index is 0.0694. The molecule has 1 unspecified atom stereocenters. The molecular formula is C27H29BrN2O3S. The predicted octanol–water partition coefficient (Wildman–Crippen LogP) is 6.36. The van der Waals surface area contributed by atoms with Crippen molar-refractivity contribution in [3.8, 4) is 23.8 Å². The fourth-order valence-corrected chi connectivity index (χ4v) is 6.38. The Bertz CT molecular complexity index is 1100. The second-order valence-corrected chi connectivity index (χ2v) is 10.5. The van der Waals surface area contributed by atoms with E-state index in [0.29, 0.717) is 22.3 Å². The Labute approximate surface area is 214 Å². The fourth-order valence-electron chi connectivity index (χ4n) is 4.60. The highest BCUT2D eigenvalue weighted by molar-refractivity contribution is 9.10. The summed E-state index contributed by atoms with van der Waals surface area (Å²) in [5, 5.41) is 3.58. The van der Waals surface area contributed by atoms with E-state index in [1.54, 1.807) is 18.9 Å². The van der Waals surface area contributed by atoms with Crippen LogP contribution in [-0.4, -0.2) is 36.1 Å². The molecule has 0 bridgehead atoms. The Morgan fingerprint density at radius 1 is 1.26 bits per heavy atom. The van der Waals surface area contributed by atoms with Gasteiger partial charge in [-0.3, -0.25) is 4.79 Å². The maximum atomic E-state index is 13.7. The minimum atomic E-state index is -0.157. The van der Waals surface area contributed by atoms with Crippen LogP contribution in [0.3, 0.4) is 0 Å². The third-order valence-electron chi connectivity index (χ3n) is 6.27. The number of thioether (sulfide) groups is 1. The van der Waals surface area contributed by atoms with Crippen molar-refractivity contribution in [2.45, 2.75) is 44.1 Å². The molecule has 3 atom stereocenters. The number of rotatable bonds is 7. The number of carbonyl (C=O) groups is 1. The van der Waals surface area contributed by atoms with Crippen molar-refractivity contribution in [2.75, 3.05) is 19.0 Å². The number of nitrogens with one attached hydrogen (secondary N) is 1. The molecule has 5 nitrogen and oxygen atoms in total. The predicted molar refractivity (Wildman–Crippen MR) is 143 cm³/mol. The van der Waals surface area contributed by atoms with Crippen molar-refractivity contribution in [3.05, 3.63) is 57.4 Å². The number of hydrogen-bond acceptors (Lipinski definition) is 5. The van der Waals surface area contributed by atoms with Crippen molar-refractivity contribution >= 4 is 45.4 Å². The van der Waals surface area contributed by atoms with E-state index in [2.05, 4.69) is 39.0 Å². The lowest BCUT2D eigenvalue weighted by Crippen LogP contribution is -2.48. The number of benzene rings is 2. The first-order chi connectivity index (χ1) is 16.5. The molecule has 1 aliphatic heterocycles. The number of amides is 1. The van der Waals surface area contributed by atoms with Crippen LogP contribution in [0.2, 0.25) is 0 Å². The van der Waals surface area contributed by atoms with Crippen molar-refractivity contribution in [1.29, 1.82) is 0 Å². The van der Waals surface area contributed by atoms with Gasteiger partial charge in [-0.1, -0.05) is 55.6 Å². The van der Waals surface area contributed by atoms with E-state index < -0.39 is 0 Å². The van der Waals surface area contributed by atoms with Gasteiger partial charge in [-0.2, -0.15) is 0 Å². The summed E-state index contributed by atoms with van der Waals surface area (Å²) in [5.74, 6) is 4.12. The second kappa shape index (κ2) is 11.2. The molecule has 1 saturated carbocycles. The van der Waals surface area contributed by atoms with Crippen molar-refractivity contribution in [1.82, 2.24) is 4.90 Å². The number of methoxy groups -OCH3 is 1. The molecule has 7 heteroatoms. The highest BCUT2D eigenvalue weighted by atomic mass is 79.9. The Morgan fingerprint density at radius 2 is 2.03 bits per heavy atom. The van der Waals surface area contributed by atoms with E-state index in [0.717, 1.165) is 35.0 Å². The average Bonchev–Trinajstić information content (AvgIpc) is 3.13.